The number of rotatable bonds is 7. The van der Waals surface area contributed by atoms with Crippen LogP contribution in [0.15, 0.2) is 24.3 Å². The molecule has 1 amide bonds. The van der Waals surface area contributed by atoms with Gasteiger partial charge >= 0.3 is 0 Å². The lowest BCUT2D eigenvalue weighted by atomic mass is 10.0. The largest absolute Gasteiger partial charge is 0.494 e. The second-order valence-corrected chi connectivity index (χ2v) is 6.51. The molecule has 0 aromatic heterocycles. The third-order valence-corrected chi connectivity index (χ3v) is 4.85. The Morgan fingerprint density at radius 2 is 2.04 bits per heavy atom. The van der Waals surface area contributed by atoms with Gasteiger partial charge in [-0.3, -0.25) is 9.69 Å². The normalized spacial score (nSPS) is 22.5. The summed E-state index contributed by atoms with van der Waals surface area (Å²) in [5.41, 5.74) is 1.23. The Morgan fingerprint density at radius 1 is 1.29 bits per heavy atom. The van der Waals surface area contributed by atoms with E-state index in [1.165, 1.54) is 18.4 Å². The Morgan fingerprint density at radius 3 is 2.67 bits per heavy atom. The van der Waals surface area contributed by atoms with Crippen LogP contribution >= 0.6 is 0 Å². The molecule has 1 N–H and O–H groups in total. The average molecular weight is 332 g/mol. The highest BCUT2D eigenvalue weighted by atomic mass is 16.5. The minimum absolute atomic E-state index is 0.0302. The maximum atomic E-state index is 12.3. The highest BCUT2D eigenvalue weighted by Gasteiger charge is 2.27. The van der Waals surface area contributed by atoms with Gasteiger partial charge in [0.25, 0.3) is 0 Å². The van der Waals surface area contributed by atoms with Gasteiger partial charge in [0.1, 0.15) is 11.9 Å². The minimum Gasteiger partial charge on any atom is -0.494 e. The first-order chi connectivity index (χ1) is 11.8. The van der Waals surface area contributed by atoms with Gasteiger partial charge in [0, 0.05) is 13.2 Å². The molecule has 2 fully saturated rings. The highest BCUT2D eigenvalue weighted by molar-refractivity contribution is 5.81. The van der Waals surface area contributed by atoms with Crippen molar-refractivity contribution in [1.29, 1.82) is 0 Å². The zero-order chi connectivity index (χ0) is 16.8. The molecular weight excluding hydrogens is 304 g/mol. The van der Waals surface area contributed by atoms with Crippen LogP contribution in [0.4, 0.5) is 0 Å². The second kappa shape index (κ2) is 8.49. The minimum atomic E-state index is -0.260. The van der Waals surface area contributed by atoms with Crippen molar-refractivity contribution < 1.29 is 14.3 Å². The van der Waals surface area contributed by atoms with Gasteiger partial charge in [0.05, 0.1) is 12.6 Å². The molecule has 5 nitrogen and oxygen atoms in total. The Labute approximate surface area is 144 Å². The summed E-state index contributed by atoms with van der Waals surface area (Å²) >= 11 is 0. The molecule has 2 atom stereocenters. The van der Waals surface area contributed by atoms with Crippen molar-refractivity contribution in [2.24, 2.45) is 0 Å². The zero-order valence-corrected chi connectivity index (χ0v) is 14.5. The fraction of sp³-hybridized carbons (Fsp3) is 0.632. The van der Waals surface area contributed by atoms with E-state index >= 15 is 0 Å². The van der Waals surface area contributed by atoms with Crippen LogP contribution in [0.1, 0.15) is 44.2 Å². The molecule has 2 unspecified atom stereocenters. The van der Waals surface area contributed by atoms with Crippen LogP contribution in [-0.2, 0) is 9.53 Å². The smallest absolute Gasteiger partial charge is 0.249 e. The predicted molar refractivity (Wildman–Crippen MR) is 93.1 cm³/mol. The third kappa shape index (κ3) is 4.28. The number of nitrogens with zero attached hydrogens (tertiary/aromatic N) is 1. The van der Waals surface area contributed by atoms with E-state index in [9.17, 15) is 4.79 Å². The summed E-state index contributed by atoms with van der Waals surface area (Å²) in [6, 6.07) is 8.49. The molecule has 2 heterocycles. The Balaban J connectivity index is 1.65. The molecule has 2 aliphatic rings. The van der Waals surface area contributed by atoms with Gasteiger partial charge in [0.2, 0.25) is 5.91 Å². The van der Waals surface area contributed by atoms with Crippen LogP contribution in [0.2, 0.25) is 0 Å². The summed E-state index contributed by atoms with van der Waals surface area (Å²) in [6.07, 6.45) is 4.01. The molecule has 0 radical (unpaired) electrons. The van der Waals surface area contributed by atoms with E-state index in [0.717, 1.165) is 31.7 Å². The molecule has 5 heteroatoms. The molecule has 0 aliphatic carbocycles. The number of hydrogen-bond donors (Lipinski definition) is 1. The monoisotopic (exact) mass is 332 g/mol. The van der Waals surface area contributed by atoms with Crippen LogP contribution in [0.3, 0.4) is 0 Å². The lowest BCUT2D eigenvalue weighted by Gasteiger charge is -2.28. The summed E-state index contributed by atoms with van der Waals surface area (Å²) in [7, 11) is 0. The second-order valence-electron chi connectivity index (χ2n) is 6.51. The van der Waals surface area contributed by atoms with Crippen molar-refractivity contribution in [2.45, 2.75) is 44.8 Å². The van der Waals surface area contributed by atoms with Crippen LogP contribution in [0, 0.1) is 0 Å². The Kier molecular flexibility index (Phi) is 6.10. The van der Waals surface area contributed by atoms with Crippen molar-refractivity contribution >= 4 is 5.91 Å². The number of hydrogen-bond acceptors (Lipinski definition) is 4. The number of likely N-dealkylation sites (tertiary alicyclic amines) is 1. The maximum Gasteiger partial charge on any atom is 0.249 e. The number of carbonyl (C=O) groups excluding carboxylic acids is 1. The van der Waals surface area contributed by atoms with Crippen LogP contribution in [0.25, 0.3) is 0 Å². The van der Waals surface area contributed by atoms with E-state index in [1.807, 2.05) is 19.1 Å². The highest BCUT2D eigenvalue weighted by Crippen LogP contribution is 2.26. The Bertz CT molecular complexity index is 520. The van der Waals surface area contributed by atoms with Gasteiger partial charge < -0.3 is 14.8 Å². The van der Waals surface area contributed by atoms with Gasteiger partial charge in [-0.05, 0) is 63.4 Å². The van der Waals surface area contributed by atoms with Crippen molar-refractivity contribution in [3.8, 4) is 5.75 Å². The Hall–Kier alpha value is -1.59. The van der Waals surface area contributed by atoms with E-state index in [4.69, 9.17) is 9.47 Å². The number of nitrogens with one attached hydrogen (secondary N) is 1. The average Bonchev–Trinajstić information content (AvgIpc) is 3.30. The standard InChI is InChI=1S/C19H28N2O3/c1-2-23-16-9-7-15(8-10-16)17(21-11-3-4-12-21)14-20-19(22)18-6-5-13-24-18/h7-10,17-18H,2-6,11-14H2,1H3,(H,20,22). The number of amides is 1. The van der Waals surface area contributed by atoms with E-state index in [-0.39, 0.29) is 18.1 Å². The molecule has 2 saturated heterocycles. The van der Waals surface area contributed by atoms with Gasteiger partial charge in [-0.15, -0.1) is 0 Å². The predicted octanol–water partition coefficient (Wildman–Crippen LogP) is 2.52. The third-order valence-electron chi connectivity index (χ3n) is 4.85. The summed E-state index contributed by atoms with van der Waals surface area (Å²) in [5.74, 6) is 0.924. The fourth-order valence-corrected chi connectivity index (χ4v) is 3.56. The van der Waals surface area contributed by atoms with E-state index in [0.29, 0.717) is 19.8 Å². The molecule has 0 bridgehead atoms. The molecule has 3 rings (SSSR count). The molecular formula is C19H28N2O3. The molecule has 24 heavy (non-hydrogen) atoms. The summed E-state index contributed by atoms with van der Waals surface area (Å²) in [5, 5.41) is 3.10. The first-order valence-electron chi connectivity index (χ1n) is 9.14. The van der Waals surface area contributed by atoms with Crippen molar-refractivity contribution in [3.05, 3.63) is 29.8 Å². The van der Waals surface area contributed by atoms with Crippen LogP contribution in [-0.4, -0.2) is 49.8 Å². The fourth-order valence-electron chi connectivity index (χ4n) is 3.56. The number of carbonyl (C=O) groups is 1. The van der Waals surface area contributed by atoms with Crippen molar-refractivity contribution in [3.63, 3.8) is 0 Å². The lowest BCUT2D eigenvalue weighted by Crippen LogP contribution is -2.40. The first kappa shape index (κ1) is 17.2. The molecule has 132 valence electrons. The summed E-state index contributed by atoms with van der Waals surface area (Å²) in [6.45, 7) is 6.18. The van der Waals surface area contributed by atoms with E-state index < -0.39 is 0 Å². The quantitative estimate of drug-likeness (QED) is 0.833. The number of benzene rings is 1. The van der Waals surface area contributed by atoms with E-state index in [2.05, 4.69) is 22.3 Å². The molecule has 1 aromatic rings. The topological polar surface area (TPSA) is 50.8 Å². The van der Waals surface area contributed by atoms with Crippen molar-refractivity contribution in [2.75, 3.05) is 32.8 Å². The SMILES string of the molecule is CCOc1ccc(C(CNC(=O)C2CCCO2)N2CCCC2)cc1. The molecule has 2 aliphatic heterocycles. The summed E-state index contributed by atoms with van der Waals surface area (Å²) in [4.78, 5) is 14.7. The molecule has 0 spiro atoms. The van der Waals surface area contributed by atoms with Gasteiger partial charge in [0.15, 0.2) is 0 Å². The van der Waals surface area contributed by atoms with Gasteiger partial charge in [-0.2, -0.15) is 0 Å². The van der Waals surface area contributed by atoms with Crippen LogP contribution in [0.5, 0.6) is 5.75 Å². The lowest BCUT2D eigenvalue weighted by molar-refractivity contribution is -0.130. The zero-order valence-electron chi connectivity index (χ0n) is 14.5. The molecule has 0 saturated carbocycles. The van der Waals surface area contributed by atoms with E-state index in [1.54, 1.807) is 0 Å². The van der Waals surface area contributed by atoms with Gasteiger partial charge in [-0.25, -0.2) is 0 Å². The van der Waals surface area contributed by atoms with Crippen molar-refractivity contribution in [1.82, 2.24) is 10.2 Å². The molecule has 1 aromatic carbocycles. The maximum absolute atomic E-state index is 12.3. The van der Waals surface area contributed by atoms with Gasteiger partial charge in [-0.1, -0.05) is 12.1 Å². The summed E-state index contributed by atoms with van der Waals surface area (Å²) < 4.78 is 11.0. The van der Waals surface area contributed by atoms with Crippen LogP contribution < -0.4 is 10.1 Å². The first-order valence-corrected chi connectivity index (χ1v) is 9.14. The number of ether oxygens (including phenoxy) is 2.